The highest BCUT2D eigenvalue weighted by Gasteiger charge is 2.21. The number of nitrogens with zero attached hydrogens (tertiary/aromatic N) is 3. The van der Waals surface area contributed by atoms with E-state index in [2.05, 4.69) is 15.3 Å². The van der Waals surface area contributed by atoms with Crippen molar-refractivity contribution in [1.29, 1.82) is 0 Å². The van der Waals surface area contributed by atoms with Gasteiger partial charge in [0.25, 0.3) is 5.89 Å². The van der Waals surface area contributed by atoms with Crippen LogP contribution in [0.25, 0.3) is 11.4 Å². The number of oxime groups is 1. The largest absolute Gasteiger partial charge is 0.487 e. The number of ether oxygens (including phenoxy) is 3. The molecule has 0 fully saturated rings. The summed E-state index contributed by atoms with van der Waals surface area (Å²) < 4.78 is 22.1. The maximum Gasteiger partial charge on any atom is 0.335 e. The Morgan fingerprint density at radius 1 is 1.11 bits per heavy atom. The number of aromatic nitrogens is 2. The lowest BCUT2D eigenvalue weighted by atomic mass is 10.1. The Hall–Kier alpha value is -3.43. The van der Waals surface area contributed by atoms with Crippen LogP contribution < -0.4 is 4.74 Å². The topological polar surface area (TPSA) is 105 Å². The highest BCUT2D eigenvalue weighted by molar-refractivity contribution is 6.30. The summed E-state index contributed by atoms with van der Waals surface area (Å²) in [4.78, 5) is 22.0. The van der Waals surface area contributed by atoms with E-state index < -0.39 is 6.10 Å². The summed E-state index contributed by atoms with van der Waals surface area (Å²) in [7, 11) is 0. The van der Waals surface area contributed by atoms with E-state index in [0.29, 0.717) is 48.5 Å². The van der Waals surface area contributed by atoms with Crippen LogP contribution in [-0.4, -0.2) is 54.4 Å². The lowest BCUT2D eigenvalue weighted by Gasteiger charge is -2.16. The number of halogens is 1. The summed E-state index contributed by atoms with van der Waals surface area (Å²) in [5.41, 5.74) is 1.96. The van der Waals surface area contributed by atoms with Gasteiger partial charge in [0.15, 0.2) is 11.8 Å². The molecule has 0 bridgehead atoms. The second-order valence-electron chi connectivity index (χ2n) is 7.64. The summed E-state index contributed by atoms with van der Waals surface area (Å²) in [5.74, 6) is 0.770. The Morgan fingerprint density at radius 2 is 1.92 bits per heavy atom. The first-order valence-corrected chi connectivity index (χ1v) is 12.2. The molecule has 36 heavy (non-hydrogen) atoms. The molecule has 0 aliphatic carbocycles. The predicted molar refractivity (Wildman–Crippen MR) is 135 cm³/mol. The second-order valence-corrected chi connectivity index (χ2v) is 8.07. The summed E-state index contributed by atoms with van der Waals surface area (Å²) in [6, 6.07) is 14.5. The number of benzene rings is 2. The molecule has 0 aliphatic heterocycles. The third kappa shape index (κ3) is 8.07. The number of carbonyl (C=O) groups excluding carboxylic acids is 1. The molecule has 192 valence electrons. The molecule has 1 heterocycles. The molecule has 0 spiro atoms. The van der Waals surface area contributed by atoms with Crippen molar-refractivity contribution in [3.8, 4) is 17.1 Å². The van der Waals surface area contributed by atoms with Gasteiger partial charge >= 0.3 is 5.97 Å². The predicted octanol–water partition coefficient (Wildman–Crippen LogP) is 5.11. The third-order valence-electron chi connectivity index (χ3n) is 4.86. The minimum absolute atomic E-state index is 0.0299. The maximum absolute atomic E-state index is 12.2. The summed E-state index contributed by atoms with van der Waals surface area (Å²) in [6.07, 6.45) is 0.467. The highest BCUT2D eigenvalue weighted by atomic mass is 35.5. The average Bonchev–Trinajstić information content (AvgIpc) is 3.37. The molecule has 0 radical (unpaired) electrons. The van der Waals surface area contributed by atoms with Crippen LogP contribution in [0.4, 0.5) is 0 Å². The second kappa shape index (κ2) is 14.2. The van der Waals surface area contributed by atoms with Gasteiger partial charge in [-0.25, -0.2) is 4.79 Å². The van der Waals surface area contributed by atoms with E-state index in [1.807, 2.05) is 32.0 Å². The molecule has 1 unspecified atom stereocenters. The van der Waals surface area contributed by atoms with Crippen molar-refractivity contribution in [3.63, 3.8) is 0 Å². The zero-order valence-electron chi connectivity index (χ0n) is 20.6. The van der Waals surface area contributed by atoms with Gasteiger partial charge in [0.05, 0.1) is 6.61 Å². The van der Waals surface area contributed by atoms with Crippen molar-refractivity contribution in [3.05, 3.63) is 65.0 Å². The van der Waals surface area contributed by atoms with Gasteiger partial charge in [-0.3, -0.25) is 0 Å². The first-order chi connectivity index (χ1) is 17.5. The Balaban J connectivity index is 1.72. The molecule has 1 aromatic heterocycles. The van der Waals surface area contributed by atoms with Crippen LogP contribution in [0.5, 0.6) is 5.75 Å². The summed E-state index contributed by atoms with van der Waals surface area (Å²) >= 11 is 5.96. The molecule has 0 saturated carbocycles. The molecule has 10 heteroatoms. The van der Waals surface area contributed by atoms with Gasteiger partial charge in [-0.05, 0) is 62.2 Å². The Kier molecular flexibility index (Phi) is 10.7. The van der Waals surface area contributed by atoms with Gasteiger partial charge in [-0.15, -0.1) is 0 Å². The SMILES string of the molecule is CCCO/N=C(\COc1cccc(CC(OCC)C(=O)OCC)c1)c1nc(-c2ccc(Cl)cc2)no1. The third-order valence-corrected chi connectivity index (χ3v) is 5.11. The summed E-state index contributed by atoms with van der Waals surface area (Å²) in [6.45, 7) is 6.74. The standard InChI is InChI=1S/C26H30ClN3O6/c1-4-14-35-29-22(25-28-24(30-36-25)19-10-12-20(27)13-11-19)17-34-21-9-7-8-18(15-21)16-23(32-5-2)26(31)33-6-3/h7-13,15,23H,4-6,14,16-17H2,1-3H3/b29-22+. The minimum Gasteiger partial charge on any atom is -0.487 e. The van der Waals surface area contributed by atoms with Gasteiger partial charge < -0.3 is 23.6 Å². The number of hydrogen-bond acceptors (Lipinski definition) is 9. The molecule has 1 atom stereocenters. The Morgan fingerprint density at radius 3 is 2.64 bits per heavy atom. The smallest absolute Gasteiger partial charge is 0.335 e. The Bertz CT molecular complexity index is 1130. The molecule has 0 aliphatic rings. The van der Waals surface area contributed by atoms with E-state index in [4.69, 9.17) is 35.2 Å². The number of rotatable bonds is 14. The molecule has 2 aromatic carbocycles. The number of esters is 1. The number of hydrogen-bond donors (Lipinski definition) is 0. The van der Waals surface area contributed by atoms with Gasteiger partial charge in [-0.2, -0.15) is 4.98 Å². The first kappa shape index (κ1) is 27.2. The fourth-order valence-electron chi connectivity index (χ4n) is 3.17. The molecule has 0 N–H and O–H groups in total. The lowest BCUT2D eigenvalue weighted by molar-refractivity contribution is -0.156. The molecule has 3 aromatic rings. The minimum atomic E-state index is -0.686. The van der Waals surface area contributed by atoms with Crippen molar-refractivity contribution < 1.29 is 28.4 Å². The van der Waals surface area contributed by atoms with Crippen molar-refractivity contribution >= 4 is 23.3 Å². The summed E-state index contributed by atoms with van der Waals surface area (Å²) in [5, 5.41) is 8.80. The molecular weight excluding hydrogens is 486 g/mol. The fraction of sp³-hybridized carbons (Fsp3) is 0.385. The van der Waals surface area contributed by atoms with Crippen molar-refractivity contribution in [2.45, 2.75) is 39.7 Å². The monoisotopic (exact) mass is 515 g/mol. The highest BCUT2D eigenvalue weighted by Crippen LogP contribution is 2.20. The zero-order chi connectivity index (χ0) is 25.8. The molecule has 0 saturated heterocycles. The van der Waals surface area contributed by atoms with Gasteiger partial charge in [-0.1, -0.05) is 41.0 Å². The molecule has 3 rings (SSSR count). The van der Waals surface area contributed by atoms with Crippen LogP contribution >= 0.6 is 11.6 Å². The zero-order valence-corrected chi connectivity index (χ0v) is 21.4. The van der Waals surface area contributed by atoms with Crippen LogP contribution in [-0.2, 0) is 25.5 Å². The van der Waals surface area contributed by atoms with E-state index in [0.717, 1.165) is 17.5 Å². The first-order valence-electron chi connectivity index (χ1n) is 11.8. The van der Waals surface area contributed by atoms with Crippen molar-refractivity contribution in [1.82, 2.24) is 10.1 Å². The lowest BCUT2D eigenvalue weighted by Crippen LogP contribution is -2.29. The number of carbonyl (C=O) groups is 1. The van der Waals surface area contributed by atoms with Crippen LogP contribution in [0.15, 0.2) is 58.2 Å². The van der Waals surface area contributed by atoms with E-state index in [-0.39, 0.29) is 18.5 Å². The molecular formula is C26H30ClN3O6. The van der Waals surface area contributed by atoms with Gasteiger partial charge in [0.1, 0.15) is 19.0 Å². The normalized spacial score (nSPS) is 12.3. The van der Waals surface area contributed by atoms with E-state index in [1.165, 1.54) is 0 Å². The van der Waals surface area contributed by atoms with Crippen LogP contribution in [0.3, 0.4) is 0 Å². The average molecular weight is 516 g/mol. The van der Waals surface area contributed by atoms with Crippen molar-refractivity contribution in [2.75, 3.05) is 26.4 Å². The van der Waals surface area contributed by atoms with E-state index in [9.17, 15) is 4.79 Å². The molecule has 9 nitrogen and oxygen atoms in total. The van der Waals surface area contributed by atoms with Gasteiger partial charge in [0.2, 0.25) is 5.82 Å². The Labute approximate surface area is 215 Å². The van der Waals surface area contributed by atoms with Crippen LogP contribution in [0.1, 0.15) is 38.6 Å². The van der Waals surface area contributed by atoms with Crippen LogP contribution in [0, 0.1) is 0 Å². The van der Waals surface area contributed by atoms with E-state index in [1.54, 1.807) is 37.3 Å². The fourth-order valence-corrected chi connectivity index (χ4v) is 3.30. The van der Waals surface area contributed by atoms with Gasteiger partial charge in [0, 0.05) is 23.6 Å². The van der Waals surface area contributed by atoms with E-state index >= 15 is 0 Å². The maximum atomic E-state index is 12.2. The quantitative estimate of drug-likeness (QED) is 0.126. The van der Waals surface area contributed by atoms with Crippen molar-refractivity contribution in [2.24, 2.45) is 5.16 Å². The molecule has 0 amide bonds. The van der Waals surface area contributed by atoms with Crippen LogP contribution in [0.2, 0.25) is 5.02 Å².